The second-order valence-electron chi connectivity index (χ2n) is 4.21. The third-order valence-corrected chi connectivity index (χ3v) is 2.64. The van der Waals surface area contributed by atoms with Crippen LogP contribution in [0.3, 0.4) is 0 Å². The highest BCUT2D eigenvalue weighted by Gasteiger charge is 1.89. The van der Waals surface area contributed by atoms with Crippen LogP contribution >= 0.6 is 0 Å². The molecule has 1 aromatic rings. The van der Waals surface area contributed by atoms with Crippen LogP contribution < -0.4 is 0 Å². The second kappa shape index (κ2) is 9.78. The van der Waals surface area contributed by atoms with E-state index < -0.39 is 0 Å². The summed E-state index contributed by atoms with van der Waals surface area (Å²) < 4.78 is 5.28. The summed E-state index contributed by atoms with van der Waals surface area (Å²) in [5.74, 6) is 2.98. The lowest BCUT2D eigenvalue weighted by atomic mass is 10.1. The highest BCUT2D eigenvalue weighted by atomic mass is 16.5. The maximum Gasteiger partial charge on any atom is 0.115 e. The molecule has 0 radical (unpaired) electrons. The van der Waals surface area contributed by atoms with E-state index in [-0.39, 0.29) is 0 Å². The molecule has 0 aliphatic heterocycles. The Morgan fingerprint density at radius 2 is 1.65 bits per heavy atom. The minimum absolute atomic E-state index is 0.756. The smallest absolute Gasteiger partial charge is 0.115 e. The summed E-state index contributed by atoms with van der Waals surface area (Å²) in [5.41, 5.74) is 1.01. The van der Waals surface area contributed by atoms with Gasteiger partial charge in [-0.15, -0.1) is 0 Å². The van der Waals surface area contributed by atoms with Crippen molar-refractivity contribution in [3.05, 3.63) is 35.9 Å². The van der Waals surface area contributed by atoms with Crippen LogP contribution in [-0.4, -0.2) is 6.61 Å². The van der Waals surface area contributed by atoms with Crippen LogP contribution in [0.15, 0.2) is 30.3 Å². The molecule has 0 aliphatic rings. The maximum absolute atomic E-state index is 5.28. The summed E-state index contributed by atoms with van der Waals surface area (Å²) in [6, 6.07) is 9.93. The molecule has 0 saturated carbocycles. The molecule has 0 aromatic heterocycles. The maximum atomic E-state index is 5.28. The summed E-state index contributed by atoms with van der Waals surface area (Å²) in [4.78, 5) is 0. The van der Waals surface area contributed by atoms with Crippen molar-refractivity contribution in [2.24, 2.45) is 0 Å². The van der Waals surface area contributed by atoms with Crippen LogP contribution in [0.25, 0.3) is 0 Å². The Hall–Kier alpha value is -1.42. The number of rotatable bonds is 7. The van der Waals surface area contributed by atoms with Crippen molar-refractivity contribution < 1.29 is 4.74 Å². The van der Waals surface area contributed by atoms with Crippen molar-refractivity contribution in [2.75, 3.05) is 6.61 Å². The first-order valence-corrected chi connectivity index (χ1v) is 6.61. The average Bonchev–Trinajstić information content (AvgIpc) is 2.38. The number of ether oxygens (including phenoxy) is 1. The van der Waals surface area contributed by atoms with Gasteiger partial charge in [0.25, 0.3) is 0 Å². The molecular formula is C16H22O. The van der Waals surface area contributed by atoms with Gasteiger partial charge < -0.3 is 4.74 Å². The molecule has 0 N–H and O–H groups in total. The normalized spacial score (nSPS) is 9.47. The lowest BCUT2D eigenvalue weighted by Crippen LogP contribution is -1.88. The zero-order valence-electron chi connectivity index (χ0n) is 10.7. The first-order valence-electron chi connectivity index (χ1n) is 6.61. The third kappa shape index (κ3) is 7.47. The lowest BCUT2D eigenvalue weighted by molar-refractivity contribution is 0.267. The standard InChI is InChI=1S/C16H22O/c1-2-3-4-5-6-10-14-17-15-13-16-11-8-7-9-12-16/h7-9,11-12H,2-6,10,14H2,1H3. The molecule has 0 bridgehead atoms. The number of hydrogen-bond donors (Lipinski definition) is 0. The zero-order chi connectivity index (χ0) is 12.2. The molecule has 0 fully saturated rings. The predicted octanol–water partition coefficient (Wildman–Crippen LogP) is 4.37. The fourth-order valence-electron chi connectivity index (χ4n) is 1.62. The minimum Gasteiger partial charge on any atom is -0.446 e. The van der Waals surface area contributed by atoms with Crippen LogP contribution in [0.1, 0.15) is 51.0 Å². The van der Waals surface area contributed by atoms with E-state index in [2.05, 4.69) is 19.0 Å². The third-order valence-electron chi connectivity index (χ3n) is 2.64. The van der Waals surface area contributed by atoms with Gasteiger partial charge in [-0.3, -0.25) is 0 Å². The van der Waals surface area contributed by atoms with E-state index in [0.29, 0.717) is 0 Å². The van der Waals surface area contributed by atoms with E-state index in [4.69, 9.17) is 4.74 Å². The lowest BCUT2D eigenvalue weighted by Gasteiger charge is -1.99. The summed E-state index contributed by atoms with van der Waals surface area (Å²) >= 11 is 0. The summed E-state index contributed by atoms with van der Waals surface area (Å²) in [5, 5.41) is 0. The highest BCUT2D eigenvalue weighted by Crippen LogP contribution is 2.04. The SMILES string of the molecule is CCCCCCCCOC#Cc1ccccc1. The molecule has 17 heavy (non-hydrogen) atoms. The van der Waals surface area contributed by atoms with Crippen molar-refractivity contribution in [1.29, 1.82) is 0 Å². The van der Waals surface area contributed by atoms with E-state index in [9.17, 15) is 0 Å². The molecule has 1 aromatic carbocycles. The van der Waals surface area contributed by atoms with Gasteiger partial charge in [0.1, 0.15) is 12.7 Å². The van der Waals surface area contributed by atoms with Gasteiger partial charge in [-0.25, -0.2) is 0 Å². The quantitative estimate of drug-likeness (QED) is 0.499. The molecule has 0 saturated heterocycles. The van der Waals surface area contributed by atoms with Gasteiger partial charge in [-0.1, -0.05) is 57.2 Å². The molecule has 1 rings (SSSR count). The van der Waals surface area contributed by atoms with Gasteiger partial charge in [-0.05, 0) is 24.5 Å². The molecule has 0 spiro atoms. The van der Waals surface area contributed by atoms with Crippen molar-refractivity contribution >= 4 is 0 Å². The number of hydrogen-bond acceptors (Lipinski definition) is 1. The molecule has 1 nitrogen and oxygen atoms in total. The molecule has 1 heteroatoms. The van der Waals surface area contributed by atoms with E-state index in [1.807, 2.05) is 30.3 Å². The van der Waals surface area contributed by atoms with Crippen LogP contribution in [0, 0.1) is 12.0 Å². The van der Waals surface area contributed by atoms with E-state index in [1.54, 1.807) is 0 Å². The molecule has 0 unspecified atom stereocenters. The Labute approximate surface area is 105 Å². The Bertz CT molecular complexity index is 332. The van der Waals surface area contributed by atoms with E-state index >= 15 is 0 Å². The molecule has 0 amide bonds. The summed E-state index contributed by atoms with van der Waals surface area (Å²) in [7, 11) is 0. The largest absolute Gasteiger partial charge is 0.446 e. The van der Waals surface area contributed by atoms with Gasteiger partial charge >= 0.3 is 0 Å². The van der Waals surface area contributed by atoms with Gasteiger partial charge in [-0.2, -0.15) is 0 Å². The molecule has 0 atom stereocenters. The first-order chi connectivity index (χ1) is 8.43. The van der Waals surface area contributed by atoms with Gasteiger partial charge in [0, 0.05) is 5.56 Å². The molecule has 92 valence electrons. The van der Waals surface area contributed by atoms with Crippen LogP contribution in [-0.2, 0) is 4.74 Å². The van der Waals surface area contributed by atoms with Gasteiger partial charge in [0.15, 0.2) is 0 Å². The minimum atomic E-state index is 0.756. The van der Waals surface area contributed by atoms with Gasteiger partial charge in [0.2, 0.25) is 0 Å². The van der Waals surface area contributed by atoms with Crippen LogP contribution in [0.4, 0.5) is 0 Å². The Balaban J connectivity index is 1.99. The van der Waals surface area contributed by atoms with Crippen LogP contribution in [0.5, 0.6) is 0 Å². The monoisotopic (exact) mass is 230 g/mol. The van der Waals surface area contributed by atoms with E-state index in [1.165, 1.54) is 32.1 Å². The van der Waals surface area contributed by atoms with Crippen LogP contribution in [0.2, 0.25) is 0 Å². The van der Waals surface area contributed by atoms with Crippen molar-refractivity contribution in [3.8, 4) is 12.0 Å². The van der Waals surface area contributed by atoms with E-state index in [0.717, 1.165) is 18.6 Å². The zero-order valence-corrected chi connectivity index (χ0v) is 10.7. The fraction of sp³-hybridized carbons (Fsp3) is 0.500. The van der Waals surface area contributed by atoms with Crippen molar-refractivity contribution in [1.82, 2.24) is 0 Å². The Morgan fingerprint density at radius 3 is 2.41 bits per heavy atom. The highest BCUT2D eigenvalue weighted by molar-refractivity contribution is 5.32. The molecular weight excluding hydrogens is 208 g/mol. The second-order valence-corrected chi connectivity index (χ2v) is 4.21. The number of benzene rings is 1. The Morgan fingerprint density at radius 1 is 0.941 bits per heavy atom. The van der Waals surface area contributed by atoms with Crippen molar-refractivity contribution in [2.45, 2.75) is 45.4 Å². The average molecular weight is 230 g/mol. The molecule has 0 aliphatic carbocycles. The fourth-order valence-corrected chi connectivity index (χ4v) is 1.62. The number of unbranched alkanes of at least 4 members (excludes halogenated alkanes) is 5. The topological polar surface area (TPSA) is 9.23 Å². The summed E-state index contributed by atoms with van der Waals surface area (Å²) in [6.45, 7) is 2.99. The first kappa shape index (κ1) is 13.6. The van der Waals surface area contributed by atoms with Crippen molar-refractivity contribution in [3.63, 3.8) is 0 Å². The molecule has 0 heterocycles. The predicted molar refractivity (Wildman–Crippen MR) is 72.6 cm³/mol. The Kier molecular flexibility index (Phi) is 7.85. The van der Waals surface area contributed by atoms with Gasteiger partial charge in [0.05, 0.1) is 0 Å². The summed E-state index contributed by atoms with van der Waals surface area (Å²) in [6.07, 6.45) is 10.5.